The molecule has 4 rings (SSSR count). The monoisotopic (exact) mass is 658 g/mol. The van der Waals surface area contributed by atoms with E-state index < -0.39 is 29.3 Å². The number of methoxy groups -OCH3 is 2. The number of rotatable bonds is 10. The lowest BCUT2D eigenvalue weighted by Crippen LogP contribution is -2.38. The molecule has 0 radical (unpaired) electrons. The van der Waals surface area contributed by atoms with Crippen LogP contribution < -0.4 is 24.8 Å². The number of amides is 4. The summed E-state index contributed by atoms with van der Waals surface area (Å²) in [5, 5.41) is 16.2. The molecule has 3 aromatic rings. The number of benzene rings is 3. The van der Waals surface area contributed by atoms with Crippen LogP contribution in [0.4, 0.5) is 16.2 Å². The minimum Gasteiger partial charge on any atom is -0.495 e. The van der Waals surface area contributed by atoms with E-state index >= 15 is 0 Å². The van der Waals surface area contributed by atoms with Crippen LogP contribution in [0.15, 0.2) is 66.4 Å². The van der Waals surface area contributed by atoms with Crippen molar-refractivity contribution in [3.05, 3.63) is 91.2 Å². The Bertz CT molecular complexity index is 1520. The van der Waals surface area contributed by atoms with Crippen molar-refractivity contribution >= 4 is 57.9 Å². The number of anilines is 1. The van der Waals surface area contributed by atoms with Gasteiger partial charge >= 0.3 is 6.03 Å². The summed E-state index contributed by atoms with van der Waals surface area (Å²) in [5.74, 6) is -0.0345. The fourth-order valence-corrected chi connectivity index (χ4v) is 4.62. The van der Waals surface area contributed by atoms with Gasteiger partial charge in [0.25, 0.3) is 11.6 Å². The van der Waals surface area contributed by atoms with Crippen LogP contribution in [0.5, 0.6) is 17.2 Å². The number of hydrogen-bond acceptors (Lipinski definition) is 8. The number of para-hydroxylation sites is 2. The lowest BCUT2D eigenvalue weighted by Gasteiger charge is -2.14. The Labute approximate surface area is 242 Å². The first-order valence-electron chi connectivity index (χ1n) is 11.7. The molecule has 1 aliphatic heterocycles. The van der Waals surface area contributed by atoms with Gasteiger partial charge in [-0.25, -0.2) is 9.69 Å². The van der Waals surface area contributed by atoms with E-state index in [0.717, 1.165) is 4.90 Å². The molecule has 13 heteroatoms. The van der Waals surface area contributed by atoms with Crippen molar-refractivity contribution in [3.63, 3.8) is 0 Å². The zero-order chi connectivity index (χ0) is 28.8. The lowest BCUT2D eigenvalue weighted by molar-refractivity contribution is -0.384. The molecule has 3 aromatic carbocycles. The van der Waals surface area contributed by atoms with E-state index in [1.54, 1.807) is 48.5 Å². The first kappa shape index (κ1) is 28.4. The van der Waals surface area contributed by atoms with Crippen molar-refractivity contribution in [3.8, 4) is 17.2 Å². The number of nitro groups is 1. The highest BCUT2D eigenvalue weighted by Crippen LogP contribution is 2.35. The van der Waals surface area contributed by atoms with E-state index in [4.69, 9.17) is 14.2 Å². The van der Waals surface area contributed by atoms with E-state index in [1.807, 2.05) is 22.6 Å². The topological polar surface area (TPSA) is 149 Å². The molecular weight excluding hydrogens is 635 g/mol. The van der Waals surface area contributed by atoms with Crippen molar-refractivity contribution in [1.82, 2.24) is 10.2 Å². The largest absolute Gasteiger partial charge is 0.495 e. The number of nitrogens with one attached hydrogen (secondary N) is 2. The van der Waals surface area contributed by atoms with Gasteiger partial charge in [-0.15, -0.1) is 0 Å². The minimum atomic E-state index is -0.731. The molecule has 0 aromatic heterocycles. The maximum Gasteiger partial charge on any atom is 0.329 e. The number of halogens is 1. The van der Waals surface area contributed by atoms with Gasteiger partial charge in [0.15, 0.2) is 11.5 Å². The van der Waals surface area contributed by atoms with Gasteiger partial charge in [0.2, 0.25) is 5.91 Å². The van der Waals surface area contributed by atoms with Crippen LogP contribution in [0.1, 0.15) is 11.1 Å². The van der Waals surface area contributed by atoms with Crippen LogP contribution in [0.3, 0.4) is 0 Å². The highest BCUT2D eigenvalue weighted by Gasteiger charge is 2.35. The minimum absolute atomic E-state index is 0.0155. The van der Waals surface area contributed by atoms with Gasteiger partial charge in [-0.05, 0) is 64.1 Å². The molecule has 4 amide bonds. The summed E-state index contributed by atoms with van der Waals surface area (Å²) in [6.07, 6.45) is 1.47. The summed E-state index contributed by atoms with van der Waals surface area (Å²) in [7, 11) is 2.92. The predicted molar refractivity (Wildman–Crippen MR) is 153 cm³/mol. The summed E-state index contributed by atoms with van der Waals surface area (Å²) in [6, 6.07) is 15.5. The first-order chi connectivity index (χ1) is 19.2. The van der Waals surface area contributed by atoms with Crippen LogP contribution >= 0.6 is 22.6 Å². The average Bonchev–Trinajstić information content (AvgIpc) is 3.19. The number of hydrogen-bond donors (Lipinski definition) is 2. The van der Waals surface area contributed by atoms with Crippen molar-refractivity contribution in [2.45, 2.75) is 6.61 Å². The van der Waals surface area contributed by atoms with E-state index in [-0.39, 0.29) is 18.0 Å². The van der Waals surface area contributed by atoms with E-state index in [1.165, 1.54) is 32.4 Å². The standard InChI is InChI=1S/C27H23IN4O8/c1-38-22-9-4-3-8-20(22)29-24(33)14-31-26(34)21(30-27(31)35)12-17-11-19(28)25(23(13-17)39-2)40-15-16-6-5-7-18(10-16)32(36)37/h3-13H,14-15H2,1-2H3,(H,29,33)(H,30,35)/b21-12+. The Balaban J connectivity index is 1.47. The number of carbonyl (C=O) groups is 3. The second kappa shape index (κ2) is 12.5. The highest BCUT2D eigenvalue weighted by atomic mass is 127. The summed E-state index contributed by atoms with van der Waals surface area (Å²) in [6.45, 7) is -0.430. The van der Waals surface area contributed by atoms with Crippen molar-refractivity contribution in [2.75, 3.05) is 26.1 Å². The Morgan fingerprint density at radius 2 is 1.82 bits per heavy atom. The van der Waals surface area contributed by atoms with Gasteiger partial charge in [0.05, 0.1) is 28.4 Å². The molecule has 40 heavy (non-hydrogen) atoms. The second-order valence-electron chi connectivity index (χ2n) is 8.38. The molecule has 0 saturated carbocycles. The molecule has 12 nitrogen and oxygen atoms in total. The van der Waals surface area contributed by atoms with Gasteiger partial charge in [-0.1, -0.05) is 24.3 Å². The van der Waals surface area contributed by atoms with Crippen molar-refractivity contribution < 1.29 is 33.5 Å². The Hall–Kier alpha value is -4.66. The summed E-state index contributed by atoms with van der Waals surface area (Å²) in [4.78, 5) is 49.3. The van der Waals surface area contributed by atoms with Gasteiger partial charge in [-0.3, -0.25) is 19.7 Å². The zero-order valence-corrected chi connectivity index (χ0v) is 23.5. The van der Waals surface area contributed by atoms with Crippen LogP contribution in [0, 0.1) is 13.7 Å². The van der Waals surface area contributed by atoms with E-state index in [0.29, 0.717) is 37.6 Å². The predicted octanol–water partition coefficient (Wildman–Crippen LogP) is 4.33. The molecule has 0 atom stereocenters. The molecule has 1 heterocycles. The van der Waals surface area contributed by atoms with E-state index in [2.05, 4.69) is 10.6 Å². The number of nitro benzene ring substituents is 1. The number of urea groups is 1. The second-order valence-corrected chi connectivity index (χ2v) is 9.54. The third-order valence-corrected chi connectivity index (χ3v) is 6.51. The smallest absolute Gasteiger partial charge is 0.329 e. The van der Waals surface area contributed by atoms with Gasteiger partial charge in [-0.2, -0.15) is 0 Å². The third-order valence-electron chi connectivity index (χ3n) is 5.71. The third kappa shape index (κ3) is 6.48. The summed E-state index contributed by atoms with van der Waals surface area (Å²) >= 11 is 2.04. The Kier molecular flexibility index (Phi) is 8.83. The lowest BCUT2D eigenvalue weighted by atomic mass is 10.1. The molecule has 206 valence electrons. The normalized spacial score (nSPS) is 13.7. The number of imide groups is 1. The first-order valence-corrected chi connectivity index (χ1v) is 12.8. The van der Waals surface area contributed by atoms with Gasteiger partial charge < -0.3 is 24.8 Å². The molecule has 0 unspecified atom stereocenters. The summed E-state index contributed by atoms with van der Waals surface area (Å²) < 4.78 is 17.2. The molecular formula is C27H23IN4O8. The molecule has 0 bridgehead atoms. The number of carbonyl (C=O) groups excluding carboxylic acids is 3. The number of nitrogens with zero attached hydrogens (tertiary/aromatic N) is 2. The van der Waals surface area contributed by atoms with Crippen LogP contribution in [0.2, 0.25) is 0 Å². The molecule has 0 spiro atoms. The average molecular weight is 658 g/mol. The zero-order valence-electron chi connectivity index (χ0n) is 21.3. The maximum atomic E-state index is 12.9. The maximum absolute atomic E-state index is 12.9. The Morgan fingerprint density at radius 3 is 2.55 bits per heavy atom. The SMILES string of the molecule is COc1ccccc1NC(=O)CN1C(=O)N/C(=C/c2cc(I)c(OCc3cccc([N+](=O)[O-])c3)c(OC)c2)C1=O. The van der Waals surface area contributed by atoms with Gasteiger partial charge in [0.1, 0.15) is 24.6 Å². The molecule has 1 saturated heterocycles. The van der Waals surface area contributed by atoms with Crippen LogP contribution in [-0.4, -0.2) is 48.4 Å². The highest BCUT2D eigenvalue weighted by molar-refractivity contribution is 14.1. The molecule has 2 N–H and O–H groups in total. The van der Waals surface area contributed by atoms with Crippen molar-refractivity contribution in [1.29, 1.82) is 0 Å². The van der Waals surface area contributed by atoms with Crippen LogP contribution in [-0.2, 0) is 16.2 Å². The molecule has 1 fully saturated rings. The van der Waals surface area contributed by atoms with E-state index in [9.17, 15) is 24.5 Å². The van der Waals surface area contributed by atoms with Crippen LogP contribution in [0.25, 0.3) is 6.08 Å². The number of ether oxygens (including phenoxy) is 3. The quantitative estimate of drug-likeness (QED) is 0.108. The fourth-order valence-electron chi connectivity index (χ4n) is 3.84. The number of non-ortho nitro benzene ring substituents is 1. The molecule has 1 aliphatic rings. The fraction of sp³-hybridized carbons (Fsp3) is 0.148. The Morgan fingerprint density at radius 1 is 1.07 bits per heavy atom. The van der Waals surface area contributed by atoms with Gasteiger partial charge in [0, 0.05) is 12.1 Å². The summed E-state index contributed by atoms with van der Waals surface area (Å²) in [5.41, 5.74) is 1.49. The van der Waals surface area contributed by atoms with Crippen molar-refractivity contribution in [2.24, 2.45) is 0 Å². The molecule has 0 aliphatic carbocycles.